The summed E-state index contributed by atoms with van der Waals surface area (Å²) in [6.45, 7) is 3.67. The second-order valence-corrected chi connectivity index (χ2v) is 10.7. The molecule has 0 spiro atoms. The van der Waals surface area contributed by atoms with Crippen LogP contribution < -0.4 is 10.6 Å². The molecule has 218 valence electrons. The molecule has 0 aliphatic carbocycles. The SMILES string of the molecule is COC(=O)Nc1ccc2c(c1)NC(=O)[C@H](C)CCC[C@H](N1CCC(c3c(F)ccc(C)c3F)=CC1=O)c1cc-2ccn1. The van der Waals surface area contributed by atoms with E-state index in [9.17, 15) is 23.2 Å². The van der Waals surface area contributed by atoms with Crippen LogP contribution in [0, 0.1) is 24.5 Å². The maximum Gasteiger partial charge on any atom is 0.411 e. The monoisotopic (exact) mass is 574 g/mol. The second kappa shape index (κ2) is 12.1. The number of carbonyl (C=O) groups excluding carboxylic acids is 3. The third-order valence-electron chi connectivity index (χ3n) is 7.89. The van der Waals surface area contributed by atoms with Crippen LogP contribution in [0.15, 0.2) is 54.7 Å². The Balaban J connectivity index is 1.52. The topological polar surface area (TPSA) is 101 Å². The van der Waals surface area contributed by atoms with Crippen molar-refractivity contribution in [2.75, 3.05) is 24.3 Å². The number of hydrogen-bond donors (Lipinski definition) is 2. The van der Waals surface area contributed by atoms with Crippen molar-refractivity contribution < 1.29 is 27.9 Å². The number of aryl methyl sites for hydroxylation is 1. The molecule has 3 heterocycles. The lowest BCUT2D eigenvalue weighted by Crippen LogP contribution is -2.38. The summed E-state index contributed by atoms with van der Waals surface area (Å²) >= 11 is 0. The Morgan fingerprint density at radius 2 is 1.93 bits per heavy atom. The van der Waals surface area contributed by atoms with E-state index in [0.717, 1.165) is 5.56 Å². The van der Waals surface area contributed by atoms with Crippen LogP contribution in [0.25, 0.3) is 16.7 Å². The Morgan fingerprint density at radius 1 is 1.12 bits per heavy atom. The quantitative estimate of drug-likeness (QED) is 0.366. The Morgan fingerprint density at radius 3 is 2.69 bits per heavy atom. The third-order valence-corrected chi connectivity index (χ3v) is 7.89. The summed E-state index contributed by atoms with van der Waals surface area (Å²) in [6.07, 6.45) is 4.41. The van der Waals surface area contributed by atoms with E-state index in [1.54, 1.807) is 36.2 Å². The Labute approximate surface area is 242 Å². The molecular formula is C32H32F2N4O4. The van der Waals surface area contributed by atoms with E-state index in [1.807, 2.05) is 19.1 Å². The fraction of sp³-hybridized carbons (Fsp3) is 0.312. The van der Waals surface area contributed by atoms with Gasteiger partial charge in [-0.25, -0.2) is 13.6 Å². The van der Waals surface area contributed by atoms with Gasteiger partial charge in [-0.3, -0.25) is 19.9 Å². The molecule has 5 rings (SSSR count). The molecule has 2 aromatic carbocycles. The highest BCUT2D eigenvalue weighted by atomic mass is 19.1. The zero-order valence-corrected chi connectivity index (χ0v) is 23.7. The van der Waals surface area contributed by atoms with Crippen LogP contribution in [0.3, 0.4) is 0 Å². The molecule has 3 amide bonds. The van der Waals surface area contributed by atoms with Crippen molar-refractivity contribution in [1.29, 1.82) is 0 Å². The number of carbonyl (C=O) groups is 3. The highest BCUT2D eigenvalue weighted by molar-refractivity contribution is 5.99. The van der Waals surface area contributed by atoms with Crippen LogP contribution >= 0.6 is 0 Å². The molecule has 0 fully saturated rings. The molecule has 2 aliphatic rings. The van der Waals surface area contributed by atoms with Crippen molar-refractivity contribution in [3.8, 4) is 11.1 Å². The van der Waals surface area contributed by atoms with E-state index in [-0.39, 0.29) is 36.3 Å². The molecule has 10 heteroatoms. The van der Waals surface area contributed by atoms with Crippen molar-refractivity contribution in [1.82, 2.24) is 9.88 Å². The van der Waals surface area contributed by atoms with Crippen LogP contribution in [-0.4, -0.2) is 41.4 Å². The average Bonchev–Trinajstić information content (AvgIpc) is 2.97. The number of benzene rings is 2. The number of ether oxygens (including phenoxy) is 1. The maximum atomic E-state index is 14.8. The van der Waals surface area contributed by atoms with Crippen molar-refractivity contribution in [2.24, 2.45) is 5.92 Å². The van der Waals surface area contributed by atoms with Gasteiger partial charge < -0.3 is 15.0 Å². The zero-order valence-electron chi connectivity index (χ0n) is 23.7. The van der Waals surface area contributed by atoms with Crippen LogP contribution in [0.5, 0.6) is 0 Å². The summed E-state index contributed by atoms with van der Waals surface area (Å²) in [7, 11) is 1.27. The van der Waals surface area contributed by atoms with E-state index in [4.69, 9.17) is 4.74 Å². The van der Waals surface area contributed by atoms with Gasteiger partial charge in [0.1, 0.15) is 11.6 Å². The molecule has 42 heavy (non-hydrogen) atoms. The van der Waals surface area contributed by atoms with Crippen molar-refractivity contribution in [3.05, 3.63) is 83.2 Å². The van der Waals surface area contributed by atoms with Crippen molar-refractivity contribution >= 4 is 34.9 Å². The van der Waals surface area contributed by atoms with Gasteiger partial charge in [-0.2, -0.15) is 0 Å². The first kappa shape index (κ1) is 28.9. The van der Waals surface area contributed by atoms with E-state index in [0.29, 0.717) is 53.0 Å². The van der Waals surface area contributed by atoms with Crippen molar-refractivity contribution in [3.63, 3.8) is 0 Å². The first-order valence-corrected chi connectivity index (χ1v) is 13.9. The number of pyridine rings is 1. The Hall–Kier alpha value is -4.60. The fourth-order valence-corrected chi connectivity index (χ4v) is 5.52. The number of nitrogens with zero attached hydrogens (tertiary/aromatic N) is 2. The third kappa shape index (κ3) is 5.88. The van der Waals surface area contributed by atoms with Crippen LogP contribution in [0.2, 0.25) is 0 Å². The molecular weight excluding hydrogens is 542 g/mol. The molecule has 0 saturated heterocycles. The van der Waals surface area contributed by atoms with Crippen molar-refractivity contribution in [2.45, 2.75) is 45.6 Å². The molecule has 8 nitrogen and oxygen atoms in total. The number of halogens is 2. The minimum Gasteiger partial charge on any atom is -0.453 e. The number of nitrogens with one attached hydrogen (secondary N) is 2. The molecule has 2 N–H and O–H groups in total. The summed E-state index contributed by atoms with van der Waals surface area (Å²) in [5.74, 6) is -2.18. The molecule has 0 saturated carbocycles. The summed E-state index contributed by atoms with van der Waals surface area (Å²) in [4.78, 5) is 44.7. The molecule has 2 aliphatic heterocycles. The fourth-order valence-electron chi connectivity index (χ4n) is 5.52. The Kier molecular flexibility index (Phi) is 8.33. The summed E-state index contributed by atoms with van der Waals surface area (Å²) in [5.41, 5.74) is 3.62. The van der Waals surface area contributed by atoms with Gasteiger partial charge in [0.2, 0.25) is 11.8 Å². The van der Waals surface area contributed by atoms with Crippen LogP contribution in [0.1, 0.15) is 55.5 Å². The van der Waals surface area contributed by atoms with Crippen LogP contribution in [-0.2, 0) is 14.3 Å². The van der Waals surface area contributed by atoms with Gasteiger partial charge in [-0.15, -0.1) is 0 Å². The highest BCUT2D eigenvalue weighted by Gasteiger charge is 2.31. The average molecular weight is 575 g/mol. The van der Waals surface area contributed by atoms with Gasteiger partial charge in [0.25, 0.3) is 0 Å². The van der Waals surface area contributed by atoms with E-state index in [1.165, 1.54) is 25.3 Å². The van der Waals surface area contributed by atoms with E-state index >= 15 is 0 Å². The molecule has 0 radical (unpaired) electrons. The lowest BCUT2D eigenvalue weighted by Gasteiger charge is -2.34. The normalized spacial score (nSPS) is 19.1. The standard InChI is InChI=1S/C32H32F2N4O4/c1-18-7-10-24(33)29(30(18)34)21-12-14-38(28(39)16-21)27-6-4-5-19(2)31(40)37-25-17-22(36-32(41)42-3)8-9-23(25)20-11-13-35-26(27)15-20/h7-11,13,15-17,19,27H,4-6,12,14H2,1-3H3,(H,36,41)(H,37,40)/t19-,27+/m1/s1. The summed E-state index contributed by atoms with van der Waals surface area (Å²) in [6, 6.07) is 11.1. The number of fused-ring (bicyclic) bond motifs is 4. The predicted molar refractivity (Wildman–Crippen MR) is 155 cm³/mol. The van der Waals surface area contributed by atoms with Gasteiger partial charge in [-0.1, -0.05) is 25.5 Å². The minimum atomic E-state index is -0.693. The van der Waals surface area contributed by atoms with Gasteiger partial charge in [0.15, 0.2) is 0 Å². The second-order valence-electron chi connectivity index (χ2n) is 10.7. The largest absolute Gasteiger partial charge is 0.453 e. The lowest BCUT2D eigenvalue weighted by molar-refractivity contribution is -0.129. The Bertz CT molecular complexity index is 1590. The van der Waals surface area contributed by atoms with Gasteiger partial charge in [0.05, 0.1) is 24.5 Å². The van der Waals surface area contributed by atoms with E-state index < -0.39 is 23.8 Å². The van der Waals surface area contributed by atoms with E-state index in [2.05, 4.69) is 15.6 Å². The zero-order chi connectivity index (χ0) is 30.0. The predicted octanol–water partition coefficient (Wildman–Crippen LogP) is 6.63. The maximum absolute atomic E-state index is 14.8. The molecule has 0 unspecified atom stereocenters. The van der Waals surface area contributed by atoms with Gasteiger partial charge in [-0.05, 0) is 73.2 Å². The summed E-state index contributed by atoms with van der Waals surface area (Å²) in [5, 5.41) is 5.62. The number of anilines is 2. The molecule has 2 atom stereocenters. The van der Waals surface area contributed by atoms with Gasteiger partial charge >= 0.3 is 6.09 Å². The number of rotatable bonds is 3. The minimum absolute atomic E-state index is 0.153. The number of amides is 3. The van der Waals surface area contributed by atoms with Gasteiger partial charge in [0, 0.05) is 41.5 Å². The first-order valence-electron chi connectivity index (χ1n) is 13.9. The number of aromatic nitrogens is 1. The number of hydrogen-bond acceptors (Lipinski definition) is 5. The first-order chi connectivity index (χ1) is 20.2. The smallest absolute Gasteiger partial charge is 0.411 e. The molecule has 3 aromatic rings. The molecule has 1 aromatic heterocycles. The molecule has 2 bridgehead atoms. The number of methoxy groups -OCH3 is 1. The van der Waals surface area contributed by atoms with Crippen LogP contribution in [0.4, 0.5) is 25.0 Å². The summed E-state index contributed by atoms with van der Waals surface area (Å²) < 4.78 is 34.1. The lowest BCUT2D eigenvalue weighted by atomic mass is 9.92. The highest BCUT2D eigenvalue weighted by Crippen LogP contribution is 2.37.